The van der Waals surface area contributed by atoms with Gasteiger partial charge in [0.25, 0.3) is 10.0 Å². The Kier molecular flexibility index (Phi) is 7.85. The molecule has 180 valence electrons. The first kappa shape index (κ1) is 25.1. The van der Waals surface area contributed by atoms with E-state index in [9.17, 15) is 17.6 Å². The molecule has 1 amide bonds. The minimum absolute atomic E-state index is 0.0874. The lowest BCUT2D eigenvalue weighted by molar-refractivity contribution is -0.114. The van der Waals surface area contributed by atoms with Crippen molar-refractivity contribution in [2.45, 2.75) is 4.90 Å². The maximum Gasteiger partial charge on any atom is 0.264 e. The summed E-state index contributed by atoms with van der Waals surface area (Å²) in [6, 6.07) is 13.4. The van der Waals surface area contributed by atoms with Crippen molar-refractivity contribution in [2.75, 3.05) is 37.5 Å². The van der Waals surface area contributed by atoms with Gasteiger partial charge in [-0.1, -0.05) is 11.6 Å². The molecule has 0 aliphatic heterocycles. The molecule has 34 heavy (non-hydrogen) atoms. The van der Waals surface area contributed by atoms with Crippen LogP contribution < -0.4 is 23.8 Å². The first-order valence-electron chi connectivity index (χ1n) is 9.83. The average Bonchev–Trinajstić information content (AvgIpc) is 2.82. The second-order valence-electron chi connectivity index (χ2n) is 6.90. The van der Waals surface area contributed by atoms with Crippen LogP contribution in [-0.4, -0.2) is 42.2 Å². The number of carbonyl (C=O) groups is 1. The zero-order chi connectivity index (χ0) is 24.9. The van der Waals surface area contributed by atoms with Crippen LogP contribution in [-0.2, 0) is 14.8 Å². The van der Waals surface area contributed by atoms with E-state index in [4.69, 9.17) is 25.8 Å². The molecule has 0 fully saturated rings. The number of nitrogens with one attached hydrogen (secondary N) is 1. The maximum absolute atomic E-state index is 13.6. The fraction of sp³-hybridized carbons (Fsp3) is 0.174. The zero-order valence-electron chi connectivity index (χ0n) is 18.5. The van der Waals surface area contributed by atoms with E-state index in [1.54, 1.807) is 12.1 Å². The van der Waals surface area contributed by atoms with Crippen molar-refractivity contribution >= 4 is 38.9 Å². The molecular weight excluding hydrogens is 487 g/mol. The number of hydrogen-bond donors (Lipinski definition) is 1. The highest BCUT2D eigenvalue weighted by molar-refractivity contribution is 7.92. The Morgan fingerprint density at radius 1 is 0.912 bits per heavy atom. The lowest BCUT2D eigenvalue weighted by atomic mass is 10.3. The second kappa shape index (κ2) is 10.6. The Hall–Kier alpha value is -3.50. The second-order valence-corrected chi connectivity index (χ2v) is 9.20. The van der Waals surface area contributed by atoms with Crippen molar-refractivity contribution in [1.82, 2.24) is 0 Å². The van der Waals surface area contributed by atoms with Gasteiger partial charge in [-0.3, -0.25) is 9.10 Å². The normalized spacial score (nSPS) is 11.0. The third kappa shape index (κ3) is 5.52. The Balaban J connectivity index is 2.00. The molecule has 0 spiro atoms. The molecule has 1 N–H and O–H groups in total. The monoisotopic (exact) mass is 508 g/mol. The summed E-state index contributed by atoms with van der Waals surface area (Å²) >= 11 is 6.01. The van der Waals surface area contributed by atoms with E-state index in [-0.39, 0.29) is 22.0 Å². The van der Waals surface area contributed by atoms with Crippen molar-refractivity contribution in [2.24, 2.45) is 0 Å². The third-order valence-corrected chi connectivity index (χ3v) is 6.79. The number of ether oxygens (including phenoxy) is 3. The minimum Gasteiger partial charge on any atom is -0.495 e. The molecule has 3 aromatic rings. The van der Waals surface area contributed by atoms with Gasteiger partial charge in [0, 0.05) is 11.1 Å². The Morgan fingerprint density at radius 3 is 2.15 bits per heavy atom. The van der Waals surface area contributed by atoms with E-state index in [2.05, 4.69) is 5.32 Å². The van der Waals surface area contributed by atoms with Crippen molar-refractivity contribution in [1.29, 1.82) is 0 Å². The smallest absolute Gasteiger partial charge is 0.264 e. The van der Waals surface area contributed by atoms with Gasteiger partial charge in [0.1, 0.15) is 18.1 Å². The largest absolute Gasteiger partial charge is 0.495 e. The van der Waals surface area contributed by atoms with Gasteiger partial charge in [-0.2, -0.15) is 0 Å². The van der Waals surface area contributed by atoms with E-state index < -0.39 is 28.3 Å². The number of nitrogens with zero attached hydrogens (tertiary/aromatic N) is 1. The van der Waals surface area contributed by atoms with Gasteiger partial charge in [0.2, 0.25) is 5.91 Å². The average molecular weight is 509 g/mol. The summed E-state index contributed by atoms with van der Waals surface area (Å²) in [5.74, 6) is -0.362. The van der Waals surface area contributed by atoms with Crippen LogP contribution >= 0.6 is 11.6 Å². The van der Waals surface area contributed by atoms with Crippen molar-refractivity contribution in [3.05, 3.63) is 71.5 Å². The molecule has 3 aromatic carbocycles. The molecule has 0 atom stereocenters. The fourth-order valence-electron chi connectivity index (χ4n) is 3.12. The molecule has 0 aliphatic rings. The Labute approximate surface area is 201 Å². The minimum atomic E-state index is -4.28. The van der Waals surface area contributed by atoms with Gasteiger partial charge in [-0.05, 0) is 54.6 Å². The molecule has 0 saturated heterocycles. The van der Waals surface area contributed by atoms with Crippen LogP contribution in [0.3, 0.4) is 0 Å². The van der Waals surface area contributed by atoms with Crippen LogP contribution in [0, 0.1) is 5.82 Å². The number of carbonyl (C=O) groups excluding carboxylic acids is 1. The molecule has 0 heterocycles. The number of methoxy groups -OCH3 is 3. The predicted molar refractivity (Wildman–Crippen MR) is 127 cm³/mol. The number of sulfonamides is 1. The van der Waals surface area contributed by atoms with Crippen molar-refractivity contribution in [3.63, 3.8) is 0 Å². The molecule has 0 unspecified atom stereocenters. The van der Waals surface area contributed by atoms with Gasteiger partial charge in [0.05, 0.1) is 37.6 Å². The Morgan fingerprint density at radius 2 is 1.53 bits per heavy atom. The first-order valence-corrected chi connectivity index (χ1v) is 11.6. The van der Waals surface area contributed by atoms with Gasteiger partial charge < -0.3 is 19.5 Å². The van der Waals surface area contributed by atoms with E-state index in [0.29, 0.717) is 16.5 Å². The summed E-state index contributed by atoms with van der Waals surface area (Å²) in [7, 11) is -0.0619. The van der Waals surface area contributed by atoms with Crippen LogP contribution in [0.5, 0.6) is 17.2 Å². The standard InChI is InChI=1S/C23H22ClFN2O6S/c1-31-20-10-4-15(24)12-19(20)26-23(28)14-27(17-7-5-16(25)6-8-17)34(29,30)18-9-11-21(32-2)22(13-18)33-3/h4-13H,14H2,1-3H3,(H,26,28). The van der Waals surface area contributed by atoms with E-state index in [1.807, 2.05) is 0 Å². The summed E-state index contributed by atoms with van der Waals surface area (Å²) in [4.78, 5) is 12.8. The van der Waals surface area contributed by atoms with E-state index in [1.165, 1.54) is 57.7 Å². The molecule has 0 aliphatic carbocycles. The van der Waals surface area contributed by atoms with E-state index in [0.717, 1.165) is 16.4 Å². The summed E-state index contributed by atoms with van der Waals surface area (Å²) in [6.07, 6.45) is 0. The third-order valence-electron chi connectivity index (χ3n) is 4.78. The van der Waals surface area contributed by atoms with Crippen molar-refractivity contribution < 1.29 is 31.8 Å². The molecular formula is C23H22ClFN2O6S. The number of rotatable bonds is 9. The number of hydrogen-bond acceptors (Lipinski definition) is 6. The Bertz CT molecular complexity index is 1290. The number of anilines is 2. The van der Waals surface area contributed by atoms with Crippen LogP contribution in [0.2, 0.25) is 5.02 Å². The number of halogens is 2. The van der Waals surface area contributed by atoms with Crippen LogP contribution in [0.15, 0.2) is 65.6 Å². The van der Waals surface area contributed by atoms with Gasteiger partial charge in [0.15, 0.2) is 11.5 Å². The van der Waals surface area contributed by atoms with Gasteiger partial charge >= 0.3 is 0 Å². The quantitative estimate of drug-likeness (QED) is 0.462. The van der Waals surface area contributed by atoms with Gasteiger partial charge in [-0.25, -0.2) is 12.8 Å². The molecule has 0 saturated carbocycles. The summed E-state index contributed by atoms with van der Waals surface area (Å²) < 4.78 is 57.1. The maximum atomic E-state index is 13.6. The molecule has 8 nitrogen and oxygen atoms in total. The highest BCUT2D eigenvalue weighted by Gasteiger charge is 2.29. The number of benzene rings is 3. The molecule has 3 rings (SSSR count). The summed E-state index contributed by atoms with van der Waals surface area (Å²) in [5.41, 5.74) is 0.354. The molecule has 11 heteroatoms. The van der Waals surface area contributed by atoms with Crippen LogP contribution in [0.4, 0.5) is 15.8 Å². The highest BCUT2D eigenvalue weighted by atomic mass is 35.5. The summed E-state index contributed by atoms with van der Waals surface area (Å²) in [6.45, 7) is -0.613. The lowest BCUT2D eigenvalue weighted by Crippen LogP contribution is -2.38. The predicted octanol–water partition coefficient (Wildman–Crippen LogP) is 4.34. The van der Waals surface area contributed by atoms with Crippen LogP contribution in [0.1, 0.15) is 0 Å². The van der Waals surface area contributed by atoms with Crippen LogP contribution in [0.25, 0.3) is 0 Å². The highest BCUT2D eigenvalue weighted by Crippen LogP contribution is 2.33. The molecule has 0 aromatic heterocycles. The van der Waals surface area contributed by atoms with E-state index >= 15 is 0 Å². The topological polar surface area (TPSA) is 94.2 Å². The fourth-order valence-corrected chi connectivity index (χ4v) is 4.73. The summed E-state index contributed by atoms with van der Waals surface area (Å²) in [5, 5.41) is 2.96. The molecule has 0 radical (unpaired) electrons. The molecule has 0 bridgehead atoms. The van der Waals surface area contributed by atoms with Gasteiger partial charge in [-0.15, -0.1) is 0 Å². The zero-order valence-corrected chi connectivity index (χ0v) is 20.1. The SMILES string of the molecule is COc1ccc(Cl)cc1NC(=O)CN(c1ccc(F)cc1)S(=O)(=O)c1ccc(OC)c(OC)c1. The lowest BCUT2D eigenvalue weighted by Gasteiger charge is -2.24. The number of amides is 1. The first-order chi connectivity index (χ1) is 16.2. The van der Waals surface area contributed by atoms with Crippen molar-refractivity contribution in [3.8, 4) is 17.2 Å².